The zero-order valence-corrected chi connectivity index (χ0v) is 22.7. The van der Waals surface area contributed by atoms with Crippen molar-refractivity contribution in [2.24, 2.45) is 0 Å². The largest absolute Gasteiger partial charge is 0.390 e. The van der Waals surface area contributed by atoms with Gasteiger partial charge in [-0.3, -0.25) is 9.59 Å². The summed E-state index contributed by atoms with van der Waals surface area (Å²) in [4.78, 5) is 27.1. The second kappa shape index (κ2) is 17.1. The summed E-state index contributed by atoms with van der Waals surface area (Å²) in [5, 5.41) is 23.7. The number of carbonyl (C=O) groups is 2. The number of nitrogens with zero attached hydrogens (tertiary/aromatic N) is 2. The Morgan fingerprint density at radius 2 is 1.83 bits per heavy atom. The Hall–Kier alpha value is -2.42. The molecule has 196 valence electrons. The minimum Gasteiger partial charge on any atom is -0.390 e. The number of anilines is 1. The third kappa shape index (κ3) is 10.4. The van der Waals surface area contributed by atoms with Crippen LogP contribution < -0.4 is 10.2 Å². The monoisotopic (exact) mass is 505 g/mol. The van der Waals surface area contributed by atoms with Crippen molar-refractivity contribution < 1.29 is 19.8 Å². The number of para-hydroxylation sites is 1. The molecule has 1 aliphatic heterocycles. The lowest BCUT2D eigenvalue weighted by Crippen LogP contribution is -2.53. The number of aliphatic hydroxyl groups is 2. The summed E-state index contributed by atoms with van der Waals surface area (Å²) in [5.74, 6) is -0.385. The van der Waals surface area contributed by atoms with Crippen molar-refractivity contribution >= 4 is 29.3 Å². The van der Waals surface area contributed by atoms with E-state index in [4.69, 9.17) is 0 Å². The van der Waals surface area contributed by atoms with Crippen molar-refractivity contribution in [3.05, 3.63) is 51.7 Å². The lowest BCUT2D eigenvalue weighted by atomic mass is 10.1. The summed E-state index contributed by atoms with van der Waals surface area (Å²) in [7, 11) is 0. The summed E-state index contributed by atoms with van der Waals surface area (Å²) in [6.45, 7) is 13.0. The van der Waals surface area contributed by atoms with Gasteiger partial charge in [0.2, 0.25) is 6.41 Å². The summed E-state index contributed by atoms with van der Waals surface area (Å²) in [6.07, 6.45) is 2.03. The maximum Gasteiger partial charge on any atom is 0.254 e. The minimum absolute atomic E-state index is 0.385. The Morgan fingerprint density at radius 1 is 1.17 bits per heavy atom. The van der Waals surface area contributed by atoms with Gasteiger partial charge in [-0.25, -0.2) is 0 Å². The number of rotatable bonds is 9. The molecule has 2 aromatic rings. The Morgan fingerprint density at radius 3 is 2.40 bits per heavy atom. The molecule has 1 saturated heterocycles. The van der Waals surface area contributed by atoms with Crippen molar-refractivity contribution in [3.63, 3.8) is 0 Å². The Kier molecular flexibility index (Phi) is 14.9. The SMILES string of the molecule is CC.CCCCc1csc(CNC=O)c1.Cc1ccccc1N1CCN(C(=O)[C@H](O)[C@H](C)O)CC1. The highest BCUT2D eigenvalue weighted by atomic mass is 32.1. The van der Waals surface area contributed by atoms with E-state index < -0.39 is 12.2 Å². The van der Waals surface area contributed by atoms with E-state index in [0.29, 0.717) is 19.6 Å². The van der Waals surface area contributed by atoms with Gasteiger partial charge in [0.05, 0.1) is 12.6 Å². The first-order chi connectivity index (χ1) is 16.9. The average Bonchev–Trinajstić information content (AvgIpc) is 3.35. The van der Waals surface area contributed by atoms with Gasteiger partial charge < -0.3 is 25.3 Å². The van der Waals surface area contributed by atoms with E-state index in [1.807, 2.05) is 26.0 Å². The van der Waals surface area contributed by atoms with E-state index in [0.717, 1.165) is 25.9 Å². The van der Waals surface area contributed by atoms with Gasteiger partial charge in [0, 0.05) is 36.7 Å². The third-order valence-electron chi connectivity index (χ3n) is 5.64. The van der Waals surface area contributed by atoms with E-state index in [2.05, 4.69) is 47.6 Å². The molecule has 2 heterocycles. The predicted octanol–water partition coefficient (Wildman–Crippen LogP) is 3.75. The minimum atomic E-state index is -1.32. The predicted molar refractivity (Wildman–Crippen MR) is 145 cm³/mol. The number of carbonyl (C=O) groups excluding carboxylic acids is 2. The average molecular weight is 506 g/mol. The number of hydrogen-bond donors (Lipinski definition) is 3. The quantitative estimate of drug-likeness (QED) is 0.452. The van der Waals surface area contributed by atoms with Crippen LogP contribution >= 0.6 is 11.3 Å². The number of aliphatic hydroxyl groups excluding tert-OH is 2. The number of unbranched alkanes of at least 4 members (excludes halogenated alkanes) is 1. The van der Waals surface area contributed by atoms with Gasteiger partial charge >= 0.3 is 0 Å². The molecule has 0 spiro atoms. The lowest BCUT2D eigenvalue weighted by molar-refractivity contribution is -0.145. The number of piperazine rings is 1. The molecule has 3 N–H and O–H groups in total. The number of thiophene rings is 1. The van der Waals surface area contributed by atoms with Crippen molar-refractivity contribution in [2.75, 3.05) is 31.1 Å². The highest BCUT2D eigenvalue weighted by Gasteiger charge is 2.28. The van der Waals surface area contributed by atoms with E-state index in [9.17, 15) is 19.8 Å². The molecule has 2 amide bonds. The van der Waals surface area contributed by atoms with Crippen LogP contribution in [0.2, 0.25) is 0 Å². The summed E-state index contributed by atoms with van der Waals surface area (Å²) >= 11 is 1.72. The maximum atomic E-state index is 11.9. The molecule has 35 heavy (non-hydrogen) atoms. The number of amides is 2. The smallest absolute Gasteiger partial charge is 0.254 e. The standard InChI is InChI=1S/C15H22N2O3.C10H15NOS.C2H6/c1-11-5-3-4-6-13(11)16-7-9-17(10-8-16)15(20)14(19)12(2)18;1-2-3-4-9-5-10(13-7-9)6-11-8-12;1-2/h3-6,12,14,18-19H,7-10H2,1-2H3;5,7-8H,2-4,6H2,1H3,(H,11,12);1-2H3/t12-,14+;;/m0../s1. The van der Waals surface area contributed by atoms with Crippen LogP contribution in [-0.2, 0) is 22.6 Å². The van der Waals surface area contributed by atoms with Crippen LogP contribution in [0.15, 0.2) is 35.7 Å². The van der Waals surface area contributed by atoms with Crippen LogP contribution in [0, 0.1) is 6.92 Å². The van der Waals surface area contributed by atoms with Gasteiger partial charge in [0.25, 0.3) is 5.91 Å². The Bertz CT molecular complexity index is 864. The molecular formula is C27H43N3O4S. The lowest BCUT2D eigenvalue weighted by Gasteiger charge is -2.37. The van der Waals surface area contributed by atoms with Gasteiger partial charge in [-0.1, -0.05) is 45.4 Å². The summed E-state index contributed by atoms with van der Waals surface area (Å²) in [6, 6.07) is 10.4. The van der Waals surface area contributed by atoms with Crippen molar-refractivity contribution in [1.29, 1.82) is 0 Å². The number of hydrogen-bond acceptors (Lipinski definition) is 6. The highest BCUT2D eigenvalue weighted by Crippen LogP contribution is 2.21. The van der Waals surface area contributed by atoms with E-state index in [1.54, 1.807) is 16.2 Å². The van der Waals surface area contributed by atoms with Crippen LogP contribution in [0.1, 0.15) is 56.5 Å². The van der Waals surface area contributed by atoms with Crippen LogP contribution in [-0.4, -0.2) is 65.8 Å². The van der Waals surface area contributed by atoms with Gasteiger partial charge in [-0.05, 0) is 55.3 Å². The molecule has 1 aliphatic rings. The van der Waals surface area contributed by atoms with Crippen LogP contribution in [0.25, 0.3) is 0 Å². The molecule has 8 heteroatoms. The Balaban J connectivity index is 0.000000354. The van der Waals surface area contributed by atoms with Gasteiger partial charge in [-0.15, -0.1) is 11.3 Å². The molecule has 0 aliphatic carbocycles. The first-order valence-electron chi connectivity index (χ1n) is 12.6. The topological polar surface area (TPSA) is 93.1 Å². The fraction of sp³-hybridized carbons (Fsp3) is 0.556. The van der Waals surface area contributed by atoms with Crippen LogP contribution in [0.5, 0.6) is 0 Å². The molecular weight excluding hydrogens is 462 g/mol. The fourth-order valence-electron chi connectivity index (χ4n) is 3.65. The van der Waals surface area contributed by atoms with Crippen LogP contribution in [0.3, 0.4) is 0 Å². The third-order valence-corrected chi connectivity index (χ3v) is 6.63. The second-order valence-corrected chi connectivity index (χ2v) is 9.30. The molecule has 2 atom stereocenters. The number of nitrogens with one attached hydrogen (secondary N) is 1. The molecule has 3 rings (SSSR count). The molecule has 0 unspecified atom stereocenters. The van der Waals surface area contributed by atoms with Crippen molar-refractivity contribution in [2.45, 2.75) is 72.6 Å². The number of aryl methyl sites for hydroxylation is 2. The summed E-state index contributed by atoms with van der Waals surface area (Å²) < 4.78 is 0. The molecule has 0 bridgehead atoms. The second-order valence-electron chi connectivity index (χ2n) is 8.31. The highest BCUT2D eigenvalue weighted by molar-refractivity contribution is 7.10. The van der Waals surface area contributed by atoms with Crippen LogP contribution in [0.4, 0.5) is 5.69 Å². The molecule has 0 saturated carbocycles. The first kappa shape index (κ1) is 30.6. The van der Waals surface area contributed by atoms with Gasteiger partial charge in [0.1, 0.15) is 0 Å². The van der Waals surface area contributed by atoms with Gasteiger partial charge in [-0.2, -0.15) is 0 Å². The molecule has 1 aromatic heterocycles. The zero-order chi connectivity index (χ0) is 26.2. The van der Waals surface area contributed by atoms with Gasteiger partial charge in [0.15, 0.2) is 6.10 Å². The van der Waals surface area contributed by atoms with E-state index >= 15 is 0 Å². The maximum absolute atomic E-state index is 11.9. The normalized spacial score (nSPS) is 14.6. The first-order valence-corrected chi connectivity index (χ1v) is 13.4. The number of benzene rings is 1. The molecule has 1 fully saturated rings. The molecule has 0 radical (unpaired) electrons. The van der Waals surface area contributed by atoms with Crippen molar-refractivity contribution in [3.8, 4) is 0 Å². The van der Waals surface area contributed by atoms with E-state index in [-0.39, 0.29) is 5.91 Å². The summed E-state index contributed by atoms with van der Waals surface area (Å²) in [5.41, 5.74) is 3.81. The zero-order valence-electron chi connectivity index (χ0n) is 21.9. The molecule has 7 nitrogen and oxygen atoms in total. The fourth-order valence-corrected chi connectivity index (χ4v) is 4.53. The molecule has 1 aromatic carbocycles. The van der Waals surface area contributed by atoms with Crippen molar-refractivity contribution in [1.82, 2.24) is 10.2 Å². The van der Waals surface area contributed by atoms with E-state index in [1.165, 1.54) is 41.5 Å². The Labute approximate surface area is 214 Å².